The van der Waals surface area contributed by atoms with Crippen molar-refractivity contribution in [2.24, 2.45) is 0 Å². The number of nitrogens with zero attached hydrogens (tertiary/aromatic N) is 3. The van der Waals surface area contributed by atoms with E-state index in [1.54, 1.807) is 13.2 Å². The normalized spacial score (nSPS) is 20.7. The number of ether oxygens (including phenoxy) is 3. The first-order chi connectivity index (χ1) is 15.1. The second kappa shape index (κ2) is 8.45. The van der Waals surface area contributed by atoms with E-state index >= 15 is 0 Å². The van der Waals surface area contributed by atoms with Crippen molar-refractivity contribution in [2.75, 3.05) is 32.2 Å². The zero-order valence-electron chi connectivity index (χ0n) is 17.0. The first-order valence-corrected chi connectivity index (χ1v) is 10.5. The van der Waals surface area contributed by atoms with Gasteiger partial charge in [0.25, 0.3) is 0 Å². The fraction of sp³-hybridized carbons (Fsp3) is 0.364. The van der Waals surface area contributed by atoms with Crippen molar-refractivity contribution in [1.82, 2.24) is 14.9 Å². The maximum absolute atomic E-state index is 13.4. The highest BCUT2D eigenvalue weighted by Gasteiger charge is 2.33. The highest BCUT2D eigenvalue weighted by atomic mass is 35.5. The first kappa shape index (κ1) is 20.2. The zero-order chi connectivity index (χ0) is 21.4. The molecular formula is C22H22ClFN4O3. The number of halogens is 2. The van der Waals surface area contributed by atoms with Gasteiger partial charge in [-0.2, -0.15) is 0 Å². The van der Waals surface area contributed by atoms with Crippen LogP contribution in [0.15, 0.2) is 36.7 Å². The number of aromatic nitrogens is 2. The standard InChI is InChI=1S/C22H22ClFN4O3/c1-29-20-8-19-16(7-21(20)30-12-28-9-14-3-4-15(10-28)31-14)22(26-11-25-19)27-18-5-2-13(24)6-17(18)23/h2,5-8,11,14-15H,3-4,9-10,12H2,1H3,(H,25,26,27). The van der Waals surface area contributed by atoms with Gasteiger partial charge in [-0.05, 0) is 37.1 Å². The van der Waals surface area contributed by atoms with Gasteiger partial charge in [-0.15, -0.1) is 0 Å². The summed E-state index contributed by atoms with van der Waals surface area (Å²) in [6.07, 6.45) is 4.26. The number of hydrogen-bond acceptors (Lipinski definition) is 7. The lowest BCUT2D eigenvalue weighted by molar-refractivity contribution is -0.0587. The van der Waals surface area contributed by atoms with Gasteiger partial charge in [0.1, 0.15) is 24.7 Å². The van der Waals surface area contributed by atoms with Crippen LogP contribution in [0, 0.1) is 5.82 Å². The minimum atomic E-state index is -0.403. The molecule has 2 unspecified atom stereocenters. The molecule has 0 spiro atoms. The van der Waals surface area contributed by atoms with E-state index in [-0.39, 0.29) is 5.02 Å². The first-order valence-electron chi connectivity index (χ1n) is 10.1. The van der Waals surface area contributed by atoms with Crippen LogP contribution in [0.1, 0.15) is 12.8 Å². The van der Waals surface area contributed by atoms with E-state index in [1.165, 1.54) is 18.5 Å². The van der Waals surface area contributed by atoms with E-state index in [9.17, 15) is 4.39 Å². The number of rotatable bonds is 6. The lowest BCUT2D eigenvalue weighted by Gasteiger charge is -2.31. The molecule has 5 rings (SSSR count). The molecule has 0 radical (unpaired) electrons. The molecule has 2 aromatic carbocycles. The Hall–Kier alpha value is -2.68. The number of benzene rings is 2. The average Bonchev–Trinajstić information content (AvgIpc) is 3.11. The third-order valence-electron chi connectivity index (χ3n) is 5.63. The number of fused-ring (bicyclic) bond motifs is 3. The van der Waals surface area contributed by atoms with Crippen molar-refractivity contribution in [3.63, 3.8) is 0 Å². The topological polar surface area (TPSA) is 68.7 Å². The second-order valence-electron chi connectivity index (χ2n) is 7.76. The van der Waals surface area contributed by atoms with E-state index in [1.807, 2.05) is 12.1 Å². The fourth-order valence-electron chi connectivity index (χ4n) is 4.12. The highest BCUT2D eigenvalue weighted by Crippen LogP contribution is 2.36. The van der Waals surface area contributed by atoms with Gasteiger partial charge in [0.05, 0.1) is 35.5 Å². The Kier molecular flexibility index (Phi) is 5.52. The molecule has 31 heavy (non-hydrogen) atoms. The monoisotopic (exact) mass is 444 g/mol. The van der Waals surface area contributed by atoms with Gasteiger partial charge in [-0.25, -0.2) is 14.4 Å². The van der Waals surface area contributed by atoms with E-state index in [2.05, 4.69) is 20.2 Å². The van der Waals surface area contributed by atoms with Crippen LogP contribution >= 0.6 is 11.6 Å². The van der Waals surface area contributed by atoms with Crippen molar-refractivity contribution in [3.8, 4) is 11.5 Å². The van der Waals surface area contributed by atoms with E-state index in [0.717, 1.165) is 31.3 Å². The molecule has 2 fully saturated rings. The molecule has 0 aliphatic carbocycles. The summed E-state index contributed by atoms with van der Waals surface area (Å²) in [5.41, 5.74) is 1.23. The predicted molar refractivity (Wildman–Crippen MR) is 116 cm³/mol. The Morgan fingerprint density at radius 2 is 1.97 bits per heavy atom. The number of morpholine rings is 1. The third-order valence-corrected chi connectivity index (χ3v) is 5.94. The van der Waals surface area contributed by atoms with E-state index < -0.39 is 5.82 Å². The number of anilines is 2. The molecule has 0 saturated carbocycles. The lowest BCUT2D eigenvalue weighted by Crippen LogP contribution is -2.44. The molecule has 2 aliphatic heterocycles. The number of likely N-dealkylation sites (tertiary alicyclic amines) is 1. The van der Waals surface area contributed by atoms with Crippen LogP contribution in [-0.2, 0) is 4.74 Å². The zero-order valence-corrected chi connectivity index (χ0v) is 17.7. The lowest BCUT2D eigenvalue weighted by atomic mass is 10.2. The maximum Gasteiger partial charge on any atom is 0.164 e. The molecule has 2 atom stereocenters. The Labute approximate surface area is 184 Å². The molecule has 1 N–H and O–H groups in total. The molecule has 162 valence electrons. The predicted octanol–water partition coefficient (Wildman–Crippen LogP) is 4.37. The summed E-state index contributed by atoms with van der Waals surface area (Å²) in [4.78, 5) is 10.9. The number of nitrogens with one attached hydrogen (secondary N) is 1. The molecule has 1 aromatic heterocycles. The minimum Gasteiger partial charge on any atom is -0.493 e. The Morgan fingerprint density at radius 1 is 1.16 bits per heavy atom. The quantitative estimate of drug-likeness (QED) is 0.605. The van der Waals surface area contributed by atoms with Crippen LogP contribution in [0.25, 0.3) is 10.9 Å². The Balaban J connectivity index is 1.42. The summed E-state index contributed by atoms with van der Waals surface area (Å²) in [6, 6.07) is 7.82. The van der Waals surface area contributed by atoms with Gasteiger partial charge in [0.15, 0.2) is 11.5 Å². The van der Waals surface area contributed by atoms with Crippen molar-refractivity contribution < 1.29 is 18.6 Å². The summed E-state index contributed by atoms with van der Waals surface area (Å²) >= 11 is 6.17. The summed E-state index contributed by atoms with van der Waals surface area (Å²) in [6.45, 7) is 2.18. The van der Waals surface area contributed by atoms with Crippen LogP contribution in [0.3, 0.4) is 0 Å². The molecular weight excluding hydrogens is 423 g/mol. The Morgan fingerprint density at radius 3 is 2.71 bits per heavy atom. The largest absolute Gasteiger partial charge is 0.493 e. The molecule has 2 saturated heterocycles. The summed E-state index contributed by atoms with van der Waals surface area (Å²) < 4.78 is 30.9. The molecule has 2 bridgehead atoms. The van der Waals surface area contributed by atoms with Gasteiger partial charge in [-0.3, -0.25) is 4.90 Å². The van der Waals surface area contributed by atoms with E-state index in [4.69, 9.17) is 25.8 Å². The highest BCUT2D eigenvalue weighted by molar-refractivity contribution is 6.33. The molecule has 0 amide bonds. The van der Waals surface area contributed by atoms with Gasteiger partial charge in [0.2, 0.25) is 0 Å². The molecule has 2 aliphatic rings. The van der Waals surface area contributed by atoms with Crippen LogP contribution in [-0.4, -0.2) is 54.0 Å². The smallest absolute Gasteiger partial charge is 0.164 e. The van der Waals surface area contributed by atoms with Crippen molar-refractivity contribution >= 4 is 34.0 Å². The van der Waals surface area contributed by atoms with E-state index in [0.29, 0.717) is 47.5 Å². The summed E-state index contributed by atoms with van der Waals surface area (Å²) in [5.74, 6) is 1.32. The molecule has 3 heterocycles. The van der Waals surface area contributed by atoms with Gasteiger partial charge < -0.3 is 19.5 Å². The number of hydrogen-bond donors (Lipinski definition) is 1. The van der Waals surface area contributed by atoms with Crippen molar-refractivity contribution in [2.45, 2.75) is 25.0 Å². The van der Waals surface area contributed by atoms with Crippen molar-refractivity contribution in [1.29, 1.82) is 0 Å². The summed E-state index contributed by atoms with van der Waals surface area (Å²) in [5, 5.41) is 4.16. The van der Waals surface area contributed by atoms with Gasteiger partial charge in [-0.1, -0.05) is 11.6 Å². The van der Waals surface area contributed by atoms with Crippen LogP contribution < -0.4 is 14.8 Å². The molecule has 7 nitrogen and oxygen atoms in total. The van der Waals surface area contributed by atoms with Crippen LogP contribution in [0.5, 0.6) is 11.5 Å². The molecule has 3 aromatic rings. The maximum atomic E-state index is 13.4. The van der Waals surface area contributed by atoms with Crippen molar-refractivity contribution in [3.05, 3.63) is 47.5 Å². The third kappa shape index (κ3) is 4.23. The molecule has 9 heteroatoms. The van der Waals surface area contributed by atoms with Crippen LogP contribution in [0.4, 0.5) is 15.9 Å². The van der Waals surface area contributed by atoms with Gasteiger partial charge >= 0.3 is 0 Å². The SMILES string of the molecule is COc1cc2ncnc(Nc3ccc(F)cc3Cl)c2cc1OCN1CC2CCC(C1)O2. The fourth-order valence-corrected chi connectivity index (χ4v) is 4.33. The average molecular weight is 445 g/mol. The van der Waals surface area contributed by atoms with Crippen LogP contribution in [0.2, 0.25) is 5.02 Å². The minimum absolute atomic E-state index is 0.263. The van der Waals surface area contributed by atoms with Gasteiger partial charge in [0, 0.05) is 24.5 Å². The second-order valence-corrected chi connectivity index (χ2v) is 8.17. The Bertz CT molecular complexity index is 1100. The number of methoxy groups -OCH3 is 1. The summed E-state index contributed by atoms with van der Waals surface area (Å²) in [7, 11) is 1.60.